The molecule has 2 aromatic rings. The number of rotatable bonds is 0. The Morgan fingerprint density at radius 2 is 1.88 bits per heavy atom. The van der Waals surface area contributed by atoms with Crippen LogP contribution in [0.25, 0.3) is 10.8 Å². The number of pyridine rings is 1. The minimum atomic E-state index is -0.250. The van der Waals surface area contributed by atoms with Gasteiger partial charge in [0.15, 0.2) is 0 Å². The lowest BCUT2D eigenvalue weighted by molar-refractivity contribution is 0.592. The lowest BCUT2D eigenvalue weighted by Gasteiger charge is -2.21. The van der Waals surface area contributed by atoms with Crippen molar-refractivity contribution in [3.63, 3.8) is 0 Å². The summed E-state index contributed by atoms with van der Waals surface area (Å²) in [4.78, 5) is 4.15. The van der Waals surface area contributed by atoms with E-state index >= 15 is 0 Å². The fourth-order valence-electron chi connectivity index (χ4n) is 1.78. The molecule has 0 unspecified atom stereocenters. The smallest absolute Gasteiger partial charge is 0.136 e. The predicted molar refractivity (Wildman–Crippen MR) is 65.4 cm³/mol. The van der Waals surface area contributed by atoms with Gasteiger partial charge in [0.25, 0.3) is 0 Å². The van der Waals surface area contributed by atoms with E-state index in [4.69, 9.17) is 11.6 Å². The molecule has 3 heteroatoms. The summed E-state index contributed by atoms with van der Waals surface area (Å²) in [6, 6.07) is 4.60. The van der Waals surface area contributed by atoms with Crippen molar-refractivity contribution in [3.05, 3.63) is 40.9 Å². The molecule has 0 saturated carbocycles. The third-order valence-electron chi connectivity index (χ3n) is 2.61. The molecule has 0 amide bonds. The monoisotopic (exact) mass is 237 g/mol. The fourth-order valence-corrected chi connectivity index (χ4v) is 1.99. The third-order valence-corrected chi connectivity index (χ3v) is 2.91. The fraction of sp³-hybridized carbons (Fsp3) is 0.308. The summed E-state index contributed by atoms with van der Waals surface area (Å²) in [6.07, 6.45) is 1.73. The van der Waals surface area contributed by atoms with Gasteiger partial charge in [-0.25, -0.2) is 9.37 Å². The zero-order chi connectivity index (χ0) is 11.9. The van der Waals surface area contributed by atoms with Crippen LogP contribution in [0.15, 0.2) is 24.4 Å². The van der Waals surface area contributed by atoms with Gasteiger partial charge in [-0.15, -0.1) is 0 Å². The molecule has 0 spiro atoms. The second kappa shape index (κ2) is 3.70. The van der Waals surface area contributed by atoms with E-state index in [0.717, 1.165) is 16.3 Å². The molecule has 16 heavy (non-hydrogen) atoms. The van der Waals surface area contributed by atoms with Gasteiger partial charge in [-0.1, -0.05) is 32.4 Å². The summed E-state index contributed by atoms with van der Waals surface area (Å²) in [6.45, 7) is 6.22. The van der Waals surface area contributed by atoms with Crippen molar-refractivity contribution in [2.45, 2.75) is 26.2 Å². The lowest BCUT2D eigenvalue weighted by Crippen LogP contribution is -2.12. The zero-order valence-electron chi connectivity index (χ0n) is 9.51. The number of nitrogens with zero attached hydrogens (tertiary/aromatic N) is 1. The summed E-state index contributed by atoms with van der Waals surface area (Å²) in [5, 5.41) is 2.06. The number of benzene rings is 1. The Morgan fingerprint density at radius 1 is 1.19 bits per heavy atom. The maximum atomic E-state index is 13.3. The van der Waals surface area contributed by atoms with Crippen molar-refractivity contribution in [2.24, 2.45) is 0 Å². The van der Waals surface area contributed by atoms with E-state index in [0.29, 0.717) is 5.15 Å². The van der Waals surface area contributed by atoms with E-state index in [-0.39, 0.29) is 11.2 Å². The SMILES string of the molecule is CC(C)(C)c1cnc(Cl)c2ccc(F)cc12. The highest BCUT2D eigenvalue weighted by Crippen LogP contribution is 2.32. The Labute approximate surface area is 99.3 Å². The summed E-state index contributed by atoms with van der Waals surface area (Å²) in [7, 11) is 0. The van der Waals surface area contributed by atoms with E-state index in [1.165, 1.54) is 12.1 Å². The summed E-state index contributed by atoms with van der Waals surface area (Å²) in [5.74, 6) is -0.250. The van der Waals surface area contributed by atoms with Crippen molar-refractivity contribution in [2.75, 3.05) is 0 Å². The lowest BCUT2D eigenvalue weighted by atomic mass is 9.85. The average molecular weight is 238 g/mol. The molecule has 0 aliphatic carbocycles. The molecule has 1 nitrogen and oxygen atoms in total. The van der Waals surface area contributed by atoms with Crippen LogP contribution in [-0.2, 0) is 5.41 Å². The standard InChI is InChI=1S/C13H13ClFN/c1-13(2,3)11-7-16-12(14)9-5-4-8(15)6-10(9)11/h4-7H,1-3H3. The normalized spacial score (nSPS) is 12.1. The Morgan fingerprint density at radius 3 is 2.50 bits per heavy atom. The maximum absolute atomic E-state index is 13.3. The predicted octanol–water partition coefficient (Wildman–Crippen LogP) is 4.32. The highest BCUT2D eigenvalue weighted by Gasteiger charge is 2.18. The van der Waals surface area contributed by atoms with E-state index in [9.17, 15) is 4.39 Å². The number of fused-ring (bicyclic) bond motifs is 1. The molecule has 0 atom stereocenters. The topological polar surface area (TPSA) is 12.9 Å². The van der Waals surface area contributed by atoms with Crippen LogP contribution in [0.4, 0.5) is 4.39 Å². The number of hydrogen-bond acceptors (Lipinski definition) is 1. The van der Waals surface area contributed by atoms with Crippen LogP contribution in [-0.4, -0.2) is 4.98 Å². The molecule has 0 aliphatic heterocycles. The van der Waals surface area contributed by atoms with Gasteiger partial charge in [-0.05, 0) is 34.6 Å². The van der Waals surface area contributed by atoms with E-state index in [2.05, 4.69) is 25.8 Å². The van der Waals surface area contributed by atoms with Gasteiger partial charge < -0.3 is 0 Å². The number of hydrogen-bond donors (Lipinski definition) is 0. The minimum Gasteiger partial charge on any atom is -0.244 e. The first-order valence-corrected chi connectivity index (χ1v) is 5.51. The van der Waals surface area contributed by atoms with Crippen LogP contribution in [0.5, 0.6) is 0 Å². The highest BCUT2D eigenvalue weighted by atomic mass is 35.5. The third kappa shape index (κ3) is 1.90. The average Bonchev–Trinajstić information content (AvgIpc) is 2.15. The molecular formula is C13H13ClFN. The number of halogens is 2. The summed E-state index contributed by atoms with van der Waals surface area (Å²) >= 11 is 6.00. The maximum Gasteiger partial charge on any atom is 0.136 e. The van der Waals surface area contributed by atoms with Gasteiger partial charge in [0, 0.05) is 11.6 Å². The molecule has 1 aromatic carbocycles. The van der Waals surface area contributed by atoms with Gasteiger partial charge in [0.05, 0.1) is 0 Å². The minimum absolute atomic E-state index is 0.0797. The first-order chi connectivity index (χ1) is 7.39. The highest BCUT2D eigenvalue weighted by molar-refractivity contribution is 6.34. The van der Waals surface area contributed by atoms with Crippen molar-refractivity contribution in [1.29, 1.82) is 0 Å². The molecule has 0 N–H and O–H groups in total. The quantitative estimate of drug-likeness (QED) is 0.622. The molecular weight excluding hydrogens is 225 g/mol. The van der Waals surface area contributed by atoms with Crippen LogP contribution in [0.1, 0.15) is 26.3 Å². The molecule has 0 saturated heterocycles. The molecule has 0 aliphatic rings. The molecule has 0 fully saturated rings. The van der Waals surface area contributed by atoms with Gasteiger partial charge >= 0.3 is 0 Å². The van der Waals surface area contributed by atoms with Crippen molar-refractivity contribution in [3.8, 4) is 0 Å². The van der Waals surface area contributed by atoms with E-state index in [1.807, 2.05) is 0 Å². The Hall–Kier alpha value is -1.15. The Balaban J connectivity index is 2.86. The van der Waals surface area contributed by atoms with Gasteiger partial charge in [-0.3, -0.25) is 0 Å². The summed E-state index contributed by atoms with van der Waals surface area (Å²) in [5.41, 5.74) is 0.926. The Kier molecular flexibility index (Phi) is 2.62. The second-order valence-electron chi connectivity index (χ2n) is 4.90. The number of aromatic nitrogens is 1. The largest absolute Gasteiger partial charge is 0.244 e. The first kappa shape index (κ1) is 11.3. The van der Waals surface area contributed by atoms with E-state index < -0.39 is 0 Å². The molecule has 0 radical (unpaired) electrons. The van der Waals surface area contributed by atoms with Gasteiger partial charge in [-0.2, -0.15) is 0 Å². The first-order valence-electron chi connectivity index (χ1n) is 5.14. The van der Waals surface area contributed by atoms with Crippen LogP contribution in [0, 0.1) is 5.82 Å². The van der Waals surface area contributed by atoms with Gasteiger partial charge in [0.2, 0.25) is 0 Å². The molecule has 84 valence electrons. The molecule has 1 aromatic heterocycles. The molecule has 0 bridgehead atoms. The van der Waals surface area contributed by atoms with Crippen LogP contribution in [0.2, 0.25) is 5.15 Å². The Bertz CT molecular complexity index is 543. The van der Waals surface area contributed by atoms with E-state index in [1.54, 1.807) is 12.3 Å². The summed E-state index contributed by atoms with van der Waals surface area (Å²) < 4.78 is 13.3. The van der Waals surface area contributed by atoms with Crippen LogP contribution < -0.4 is 0 Å². The van der Waals surface area contributed by atoms with Crippen molar-refractivity contribution >= 4 is 22.4 Å². The molecule has 1 heterocycles. The van der Waals surface area contributed by atoms with Crippen LogP contribution >= 0.6 is 11.6 Å². The second-order valence-corrected chi connectivity index (χ2v) is 5.26. The zero-order valence-corrected chi connectivity index (χ0v) is 10.3. The molecule has 2 rings (SSSR count). The van der Waals surface area contributed by atoms with Crippen molar-refractivity contribution < 1.29 is 4.39 Å². The van der Waals surface area contributed by atoms with Crippen molar-refractivity contribution in [1.82, 2.24) is 4.98 Å². The van der Waals surface area contributed by atoms with Crippen LogP contribution in [0.3, 0.4) is 0 Å². The van der Waals surface area contributed by atoms with Gasteiger partial charge in [0.1, 0.15) is 11.0 Å².